The highest BCUT2D eigenvalue weighted by atomic mass is 32.2. The van der Waals surface area contributed by atoms with E-state index in [2.05, 4.69) is 4.72 Å². The van der Waals surface area contributed by atoms with Gasteiger partial charge in [0.25, 0.3) is 5.91 Å². The van der Waals surface area contributed by atoms with Crippen molar-refractivity contribution in [1.29, 1.82) is 0 Å². The summed E-state index contributed by atoms with van der Waals surface area (Å²) in [6.45, 7) is 0.558. The van der Waals surface area contributed by atoms with Crippen LogP contribution < -0.4 is 14.4 Å². The van der Waals surface area contributed by atoms with Gasteiger partial charge < -0.3 is 14.4 Å². The second kappa shape index (κ2) is 7.98. The van der Waals surface area contributed by atoms with Gasteiger partial charge in [0.15, 0.2) is 0 Å². The molecule has 0 spiro atoms. The van der Waals surface area contributed by atoms with Gasteiger partial charge in [-0.05, 0) is 41.8 Å². The third-order valence-corrected chi connectivity index (χ3v) is 5.57. The molecule has 0 radical (unpaired) electrons. The number of methoxy groups -OCH3 is 2. The fourth-order valence-corrected chi connectivity index (χ4v) is 4.28. The molecule has 0 saturated heterocycles. The zero-order valence-electron chi connectivity index (χ0n) is 15.3. The molecule has 0 bridgehead atoms. The highest BCUT2D eigenvalue weighted by molar-refractivity contribution is 7.91. The van der Waals surface area contributed by atoms with Crippen molar-refractivity contribution in [1.82, 2.24) is 0 Å². The number of nitrogens with one attached hydrogen (secondary N) is 1. The number of anilines is 2. The van der Waals surface area contributed by atoms with Gasteiger partial charge in [-0.1, -0.05) is 18.2 Å². The summed E-state index contributed by atoms with van der Waals surface area (Å²) in [5.41, 5.74) is 2.78. The maximum absolute atomic E-state index is 12.5. The Balaban J connectivity index is 1.77. The standard InChI is InChI=1S/C19H22N2O5S/c1-25-12-19(22)21-9-8-15-6-7-16(11-18(15)21)20-27(23,24)13-14-4-3-5-17(10-14)26-2/h3-7,10-11,20H,8-9,12-13H2,1-2H3. The topological polar surface area (TPSA) is 84.9 Å². The molecule has 1 heterocycles. The number of carbonyl (C=O) groups excluding carboxylic acids is 1. The minimum Gasteiger partial charge on any atom is -0.497 e. The van der Waals surface area contributed by atoms with Crippen molar-refractivity contribution in [3.8, 4) is 5.75 Å². The lowest BCUT2D eigenvalue weighted by molar-refractivity contribution is -0.122. The molecule has 2 aromatic carbocycles. The fraction of sp³-hybridized carbons (Fsp3) is 0.316. The van der Waals surface area contributed by atoms with Crippen LogP contribution in [0.1, 0.15) is 11.1 Å². The van der Waals surface area contributed by atoms with Gasteiger partial charge in [0.1, 0.15) is 12.4 Å². The molecule has 1 amide bonds. The lowest BCUT2D eigenvalue weighted by atomic mass is 10.1. The monoisotopic (exact) mass is 390 g/mol. The van der Waals surface area contributed by atoms with Crippen LogP contribution in [0.25, 0.3) is 0 Å². The number of sulfonamides is 1. The summed E-state index contributed by atoms with van der Waals surface area (Å²) in [5.74, 6) is 0.285. The fourth-order valence-electron chi connectivity index (χ4n) is 3.10. The van der Waals surface area contributed by atoms with Gasteiger partial charge in [0.05, 0.1) is 18.6 Å². The van der Waals surface area contributed by atoms with Crippen LogP contribution in [0.3, 0.4) is 0 Å². The number of rotatable bonds is 7. The molecule has 3 rings (SSSR count). The molecule has 0 fully saturated rings. The number of benzene rings is 2. The van der Waals surface area contributed by atoms with Gasteiger partial charge in [0.2, 0.25) is 10.0 Å². The largest absolute Gasteiger partial charge is 0.497 e. The highest BCUT2D eigenvalue weighted by Crippen LogP contribution is 2.31. The van der Waals surface area contributed by atoms with E-state index >= 15 is 0 Å². The third-order valence-electron chi connectivity index (χ3n) is 4.31. The molecule has 1 N–H and O–H groups in total. The van der Waals surface area contributed by atoms with Gasteiger partial charge in [0, 0.05) is 19.3 Å². The predicted molar refractivity (Wildman–Crippen MR) is 104 cm³/mol. The highest BCUT2D eigenvalue weighted by Gasteiger charge is 2.25. The summed E-state index contributed by atoms with van der Waals surface area (Å²) in [4.78, 5) is 13.8. The number of hydrogen-bond donors (Lipinski definition) is 1. The SMILES string of the molecule is COCC(=O)N1CCc2ccc(NS(=O)(=O)Cc3cccc(OC)c3)cc21. The second-order valence-corrected chi connectivity index (χ2v) is 8.01. The van der Waals surface area contributed by atoms with Crippen LogP contribution in [0.15, 0.2) is 42.5 Å². The Kier molecular flexibility index (Phi) is 5.67. The Morgan fingerprint density at radius 2 is 2.00 bits per heavy atom. The first-order chi connectivity index (χ1) is 12.9. The zero-order valence-corrected chi connectivity index (χ0v) is 16.1. The predicted octanol–water partition coefficient (Wildman–Crippen LogP) is 2.17. The zero-order chi connectivity index (χ0) is 19.4. The van der Waals surface area contributed by atoms with Crippen LogP contribution in [0, 0.1) is 0 Å². The molecule has 8 heteroatoms. The van der Waals surface area contributed by atoms with Gasteiger partial charge in [-0.3, -0.25) is 9.52 Å². The van der Waals surface area contributed by atoms with E-state index in [0.717, 1.165) is 17.7 Å². The van der Waals surface area contributed by atoms with E-state index in [1.807, 2.05) is 6.07 Å². The van der Waals surface area contributed by atoms with Crippen LogP contribution in [0.5, 0.6) is 5.75 Å². The Bertz CT molecular complexity index is 943. The van der Waals surface area contributed by atoms with Crippen molar-refractivity contribution in [3.05, 3.63) is 53.6 Å². The average Bonchev–Trinajstić information content (AvgIpc) is 3.04. The Labute approximate surface area is 158 Å². The number of hydrogen-bond acceptors (Lipinski definition) is 5. The second-order valence-electron chi connectivity index (χ2n) is 6.28. The molecular formula is C19H22N2O5S. The van der Waals surface area contributed by atoms with Crippen molar-refractivity contribution in [2.24, 2.45) is 0 Å². The van der Waals surface area contributed by atoms with Crippen molar-refractivity contribution in [2.75, 3.05) is 37.0 Å². The van der Waals surface area contributed by atoms with Crippen molar-refractivity contribution in [3.63, 3.8) is 0 Å². The number of amides is 1. The van der Waals surface area contributed by atoms with Gasteiger partial charge in [-0.25, -0.2) is 8.42 Å². The minimum atomic E-state index is -3.61. The molecule has 1 aliphatic heterocycles. The maximum atomic E-state index is 12.5. The molecule has 0 unspecified atom stereocenters. The third kappa shape index (κ3) is 4.58. The maximum Gasteiger partial charge on any atom is 0.252 e. The quantitative estimate of drug-likeness (QED) is 0.783. The summed E-state index contributed by atoms with van der Waals surface area (Å²) in [6, 6.07) is 12.2. The minimum absolute atomic E-state index is 0.00870. The summed E-state index contributed by atoms with van der Waals surface area (Å²) in [5, 5.41) is 0. The van der Waals surface area contributed by atoms with Crippen molar-refractivity contribution >= 4 is 27.3 Å². The van der Waals surface area contributed by atoms with E-state index in [9.17, 15) is 13.2 Å². The van der Waals surface area contributed by atoms with Gasteiger partial charge in [-0.15, -0.1) is 0 Å². The number of carbonyl (C=O) groups is 1. The van der Waals surface area contributed by atoms with Crippen LogP contribution in [0.2, 0.25) is 0 Å². The van der Waals surface area contributed by atoms with Crippen molar-refractivity contribution in [2.45, 2.75) is 12.2 Å². The van der Waals surface area contributed by atoms with E-state index in [1.54, 1.807) is 41.3 Å². The first-order valence-electron chi connectivity index (χ1n) is 8.47. The molecule has 1 aliphatic rings. The molecule has 0 aliphatic carbocycles. The van der Waals surface area contributed by atoms with Crippen molar-refractivity contribution < 1.29 is 22.7 Å². The van der Waals surface area contributed by atoms with E-state index in [-0.39, 0.29) is 18.3 Å². The molecule has 0 saturated carbocycles. The number of fused-ring (bicyclic) bond motifs is 1. The number of nitrogens with zero attached hydrogens (tertiary/aromatic N) is 1. The summed E-state index contributed by atoms with van der Waals surface area (Å²) in [7, 11) is -0.607. The molecule has 0 aromatic heterocycles. The summed E-state index contributed by atoms with van der Waals surface area (Å²) < 4.78 is 37.7. The normalized spacial score (nSPS) is 13.3. The summed E-state index contributed by atoms with van der Waals surface area (Å²) in [6.07, 6.45) is 0.738. The van der Waals surface area contributed by atoms with Crippen LogP contribution in [-0.2, 0) is 31.7 Å². The summed E-state index contributed by atoms with van der Waals surface area (Å²) >= 11 is 0. The van der Waals surface area contributed by atoms with Crippen LogP contribution in [0.4, 0.5) is 11.4 Å². The smallest absolute Gasteiger partial charge is 0.252 e. The Hall–Kier alpha value is -2.58. The van der Waals surface area contributed by atoms with Gasteiger partial charge in [-0.2, -0.15) is 0 Å². The lowest BCUT2D eigenvalue weighted by Gasteiger charge is -2.18. The average molecular weight is 390 g/mol. The van der Waals surface area contributed by atoms with Crippen LogP contribution in [-0.4, -0.2) is 41.7 Å². The first kappa shape index (κ1) is 19.2. The first-order valence-corrected chi connectivity index (χ1v) is 10.1. The molecule has 0 atom stereocenters. The van der Waals surface area contributed by atoms with Crippen LogP contribution >= 0.6 is 0 Å². The van der Waals surface area contributed by atoms with E-state index in [0.29, 0.717) is 23.5 Å². The van der Waals surface area contributed by atoms with E-state index in [1.165, 1.54) is 14.2 Å². The van der Waals surface area contributed by atoms with E-state index in [4.69, 9.17) is 9.47 Å². The molecular weight excluding hydrogens is 368 g/mol. The lowest BCUT2D eigenvalue weighted by Crippen LogP contribution is -2.32. The van der Waals surface area contributed by atoms with Gasteiger partial charge >= 0.3 is 0 Å². The number of ether oxygens (including phenoxy) is 2. The molecule has 144 valence electrons. The Morgan fingerprint density at radius 3 is 2.74 bits per heavy atom. The molecule has 7 nitrogen and oxygen atoms in total. The molecule has 27 heavy (non-hydrogen) atoms. The Morgan fingerprint density at radius 1 is 1.19 bits per heavy atom. The molecule has 2 aromatic rings. The van der Waals surface area contributed by atoms with E-state index < -0.39 is 10.0 Å².